The molecule has 0 unspecified atom stereocenters. The van der Waals surface area contributed by atoms with Crippen LogP contribution in [0.5, 0.6) is 0 Å². The molecule has 0 aliphatic heterocycles. The molecule has 0 fully saturated rings. The minimum Gasteiger partial charge on any atom is -0.293 e. The van der Waals surface area contributed by atoms with Gasteiger partial charge in [-0.2, -0.15) is 0 Å². The molecule has 0 spiro atoms. The van der Waals surface area contributed by atoms with Gasteiger partial charge in [0.15, 0.2) is 11.6 Å². The molecular formula is C20H21N3OS. The van der Waals surface area contributed by atoms with Crippen LogP contribution in [0.25, 0.3) is 11.4 Å². The Kier molecular flexibility index (Phi) is 5.66. The molecule has 0 aliphatic rings. The molecule has 0 amide bonds. The molecule has 25 heavy (non-hydrogen) atoms. The Bertz CT molecular complexity index is 828. The van der Waals surface area contributed by atoms with E-state index in [4.69, 9.17) is 0 Å². The van der Waals surface area contributed by atoms with Crippen LogP contribution in [-0.2, 0) is 0 Å². The number of rotatable bonds is 7. The molecule has 1 N–H and O–H groups in total. The molecule has 1 atom stereocenters. The second-order valence-electron chi connectivity index (χ2n) is 5.98. The van der Waals surface area contributed by atoms with Crippen LogP contribution in [0, 0.1) is 0 Å². The summed E-state index contributed by atoms with van der Waals surface area (Å²) in [5, 5.41) is 7.69. The second kappa shape index (κ2) is 8.12. The summed E-state index contributed by atoms with van der Waals surface area (Å²) in [6.07, 6.45) is 1.09. The van der Waals surface area contributed by atoms with Crippen molar-refractivity contribution in [3.8, 4) is 11.4 Å². The first kappa shape index (κ1) is 17.4. The number of aromatic nitrogens is 3. The Labute approximate surface area is 152 Å². The van der Waals surface area contributed by atoms with E-state index in [2.05, 4.69) is 29.0 Å². The van der Waals surface area contributed by atoms with E-state index in [-0.39, 0.29) is 5.78 Å². The van der Waals surface area contributed by atoms with Gasteiger partial charge < -0.3 is 0 Å². The zero-order chi connectivity index (χ0) is 17.6. The number of nitrogens with one attached hydrogen (secondary N) is 1. The maximum Gasteiger partial charge on any atom is 0.209 e. The Balaban J connectivity index is 1.60. The minimum atomic E-state index is 0.0896. The third kappa shape index (κ3) is 4.37. The Hall–Kier alpha value is -2.40. The van der Waals surface area contributed by atoms with Gasteiger partial charge in [-0.1, -0.05) is 80.2 Å². The van der Waals surface area contributed by atoms with Crippen molar-refractivity contribution in [1.29, 1.82) is 0 Å². The van der Waals surface area contributed by atoms with Crippen LogP contribution in [0.1, 0.15) is 42.1 Å². The number of nitrogens with zero attached hydrogens (tertiary/aromatic N) is 2. The normalized spacial score (nSPS) is 12.1. The lowest BCUT2D eigenvalue weighted by atomic mass is 9.97. The smallest absolute Gasteiger partial charge is 0.209 e. The maximum absolute atomic E-state index is 12.4. The van der Waals surface area contributed by atoms with Gasteiger partial charge in [-0.3, -0.25) is 9.89 Å². The number of carbonyl (C=O) groups is 1. The molecule has 4 nitrogen and oxygen atoms in total. The van der Waals surface area contributed by atoms with Gasteiger partial charge in [-0.05, 0) is 17.9 Å². The fraction of sp³-hybridized carbons (Fsp3) is 0.250. The summed E-state index contributed by atoms with van der Waals surface area (Å²) in [7, 11) is 0. The van der Waals surface area contributed by atoms with E-state index in [1.165, 1.54) is 17.3 Å². The van der Waals surface area contributed by atoms with Gasteiger partial charge in [0, 0.05) is 11.1 Å². The highest BCUT2D eigenvalue weighted by molar-refractivity contribution is 7.99. The summed E-state index contributed by atoms with van der Waals surface area (Å²) in [5.74, 6) is 1.65. The topological polar surface area (TPSA) is 58.6 Å². The van der Waals surface area contributed by atoms with Crippen molar-refractivity contribution >= 4 is 17.5 Å². The van der Waals surface area contributed by atoms with E-state index in [1.54, 1.807) is 0 Å². The average molecular weight is 351 g/mol. The number of H-pyrrole nitrogens is 1. The molecule has 5 heteroatoms. The average Bonchev–Trinajstić information content (AvgIpc) is 3.15. The van der Waals surface area contributed by atoms with Gasteiger partial charge in [0.05, 0.1) is 5.75 Å². The summed E-state index contributed by atoms with van der Waals surface area (Å²) in [5.41, 5.74) is 2.99. The van der Waals surface area contributed by atoms with Crippen molar-refractivity contribution in [2.75, 3.05) is 5.75 Å². The van der Waals surface area contributed by atoms with E-state index in [0.717, 1.165) is 17.5 Å². The highest BCUT2D eigenvalue weighted by Gasteiger charge is 2.11. The van der Waals surface area contributed by atoms with Crippen molar-refractivity contribution in [1.82, 2.24) is 15.2 Å². The highest BCUT2D eigenvalue weighted by Crippen LogP contribution is 2.22. The van der Waals surface area contributed by atoms with Crippen LogP contribution in [0.4, 0.5) is 0 Å². The lowest BCUT2D eigenvalue weighted by molar-refractivity contribution is 0.102. The number of hydrogen-bond acceptors (Lipinski definition) is 4. The minimum absolute atomic E-state index is 0.0896. The van der Waals surface area contributed by atoms with Gasteiger partial charge >= 0.3 is 0 Å². The Morgan fingerprint density at radius 3 is 2.52 bits per heavy atom. The third-order valence-electron chi connectivity index (χ3n) is 4.26. The quantitative estimate of drug-likeness (QED) is 0.483. The molecule has 128 valence electrons. The van der Waals surface area contributed by atoms with Crippen molar-refractivity contribution < 1.29 is 4.79 Å². The van der Waals surface area contributed by atoms with E-state index in [1.807, 2.05) is 54.6 Å². The third-order valence-corrected chi connectivity index (χ3v) is 5.11. The van der Waals surface area contributed by atoms with E-state index < -0.39 is 0 Å². The number of aromatic amines is 1. The summed E-state index contributed by atoms with van der Waals surface area (Å²) < 4.78 is 0. The molecule has 0 radical (unpaired) electrons. The van der Waals surface area contributed by atoms with Gasteiger partial charge in [0.1, 0.15) is 0 Å². The Morgan fingerprint density at radius 2 is 1.84 bits per heavy atom. The first-order chi connectivity index (χ1) is 12.2. The molecule has 1 heterocycles. The molecular weight excluding hydrogens is 330 g/mol. The number of benzene rings is 2. The van der Waals surface area contributed by atoms with Gasteiger partial charge in [-0.15, -0.1) is 5.10 Å². The fourth-order valence-electron chi connectivity index (χ4n) is 2.48. The number of carbonyl (C=O) groups excluding carboxylic acids is 1. The van der Waals surface area contributed by atoms with Crippen LogP contribution >= 0.6 is 11.8 Å². The van der Waals surface area contributed by atoms with Crippen LogP contribution in [0.15, 0.2) is 59.8 Å². The standard InChI is InChI=1S/C20H21N3OS/c1-3-14(2)15-9-11-16(12-10-15)18(24)13-25-20-21-19(22-23-20)17-7-5-4-6-8-17/h4-12,14H,3,13H2,1-2H3,(H,21,22,23)/t14-/m1/s1. The largest absolute Gasteiger partial charge is 0.293 e. The van der Waals surface area contributed by atoms with Crippen molar-refractivity contribution in [3.63, 3.8) is 0 Å². The number of ketones is 1. The number of thioether (sulfide) groups is 1. The molecule has 2 aromatic carbocycles. The molecule has 0 saturated heterocycles. The zero-order valence-corrected chi connectivity index (χ0v) is 15.2. The molecule has 3 rings (SSSR count). The SMILES string of the molecule is CC[C@@H](C)c1ccc(C(=O)CSc2n[nH]c(-c3ccccc3)n2)cc1. The van der Waals surface area contributed by atoms with Crippen LogP contribution in [0.3, 0.4) is 0 Å². The monoisotopic (exact) mass is 351 g/mol. The predicted molar refractivity (Wildman–Crippen MR) is 102 cm³/mol. The van der Waals surface area contributed by atoms with Crippen molar-refractivity contribution in [2.24, 2.45) is 0 Å². The van der Waals surface area contributed by atoms with Gasteiger partial charge in [0.2, 0.25) is 5.16 Å². The van der Waals surface area contributed by atoms with E-state index >= 15 is 0 Å². The molecule has 3 aromatic rings. The number of hydrogen-bond donors (Lipinski definition) is 1. The van der Waals surface area contributed by atoms with Crippen LogP contribution < -0.4 is 0 Å². The molecule has 1 aromatic heterocycles. The van der Waals surface area contributed by atoms with Crippen LogP contribution in [-0.4, -0.2) is 26.7 Å². The first-order valence-electron chi connectivity index (χ1n) is 8.41. The summed E-state index contributed by atoms with van der Waals surface area (Å²) >= 11 is 1.35. The highest BCUT2D eigenvalue weighted by atomic mass is 32.2. The number of Topliss-reactive ketones (excluding diaryl/α,β-unsaturated/α-hetero) is 1. The summed E-state index contributed by atoms with van der Waals surface area (Å²) in [4.78, 5) is 16.8. The van der Waals surface area contributed by atoms with Gasteiger partial charge in [0.25, 0.3) is 0 Å². The lowest BCUT2D eigenvalue weighted by Crippen LogP contribution is -2.03. The van der Waals surface area contributed by atoms with Gasteiger partial charge in [-0.25, -0.2) is 4.98 Å². The fourth-order valence-corrected chi connectivity index (χ4v) is 3.18. The molecule has 0 saturated carbocycles. The van der Waals surface area contributed by atoms with E-state index in [9.17, 15) is 4.79 Å². The van der Waals surface area contributed by atoms with Crippen molar-refractivity contribution in [3.05, 3.63) is 65.7 Å². The lowest BCUT2D eigenvalue weighted by Gasteiger charge is -2.09. The second-order valence-corrected chi connectivity index (χ2v) is 6.92. The predicted octanol–water partition coefficient (Wildman–Crippen LogP) is 4.96. The summed E-state index contributed by atoms with van der Waals surface area (Å²) in [6, 6.07) is 17.7. The summed E-state index contributed by atoms with van der Waals surface area (Å²) in [6.45, 7) is 4.36. The van der Waals surface area contributed by atoms with Crippen molar-refractivity contribution in [2.45, 2.75) is 31.3 Å². The molecule has 0 bridgehead atoms. The molecule has 0 aliphatic carbocycles. The Morgan fingerprint density at radius 1 is 1.12 bits per heavy atom. The maximum atomic E-state index is 12.4. The van der Waals surface area contributed by atoms with Crippen LogP contribution in [0.2, 0.25) is 0 Å². The first-order valence-corrected chi connectivity index (χ1v) is 9.39. The van der Waals surface area contributed by atoms with E-state index in [0.29, 0.717) is 22.7 Å². The zero-order valence-electron chi connectivity index (χ0n) is 14.4.